The van der Waals surface area contributed by atoms with E-state index in [1.165, 1.54) is 37.0 Å². The molecule has 1 fully saturated rings. The molecule has 180 valence electrons. The zero-order chi connectivity index (χ0) is 24.1. The molecule has 10 nitrogen and oxygen atoms in total. The average Bonchev–Trinajstić information content (AvgIpc) is 3.42. The molecule has 11 heteroatoms. The third kappa shape index (κ3) is 5.05. The first-order chi connectivity index (χ1) is 16.4. The fraction of sp³-hybridized carbons (Fsp3) is 0.348. The molecule has 0 aliphatic carbocycles. The summed E-state index contributed by atoms with van der Waals surface area (Å²) in [5.41, 5.74) is 1.85. The van der Waals surface area contributed by atoms with E-state index in [0.29, 0.717) is 30.9 Å². The summed E-state index contributed by atoms with van der Waals surface area (Å²) in [6, 6.07) is 12.2. The predicted molar refractivity (Wildman–Crippen MR) is 124 cm³/mol. The van der Waals surface area contributed by atoms with Crippen LogP contribution in [0.5, 0.6) is 11.5 Å². The van der Waals surface area contributed by atoms with Crippen LogP contribution in [0.2, 0.25) is 0 Å². The van der Waals surface area contributed by atoms with Crippen LogP contribution in [0.1, 0.15) is 18.4 Å². The van der Waals surface area contributed by atoms with Crippen molar-refractivity contribution < 1.29 is 22.7 Å². The van der Waals surface area contributed by atoms with Crippen molar-refractivity contribution in [3.63, 3.8) is 0 Å². The molecule has 0 radical (unpaired) electrons. The summed E-state index contributed by atoms with van der Waals surface area (Å²) in [6.07, 6.45) is 4.01. The van der Waals surface area contributed by atoms with Crippen molar-refractivity contribution >= 4 is 15.9 Å². The maximum absolute atomic E-state index is 13.1. The topological polar surface area (TPSA) is 116 Å². The van der Waals surface area contributed by atoms with Gasteiger partial charge in [0, 0.05) is 31.6 Å². The number of hydrogen-bond acceptors (Lipinski definition) is 7. The predicted octanol–water partition coefficient (Wildman–Crippen LogP) is 2.00. The number of piperidine rings is 1. The first-order valence-electron chi connectivity index (χ1n) is 10.9. The van der Waals surface area contributed by atoms with E-state index >= 15 is 0 Å². The van der Waals surface area contributed by atoms with Gasteiger partial charge in [0.2, 0.25) is 15.9 Å². The second kappa shape index (κ2) is 10.2. The fourth-order valence-electron chi connectivity index (χ4n) is 3.93. The number of aromatic nitrogens is 3. The maximum atomic E-state index is 13.1. The largest absolute Gasteiger partial charge is 0.493 e. The van der Waals surface area contributed by atoms with Crippen molar-refractivity contribution in [2.75, 3.05) is 27.3 Å². The minimum Gasteiger partial charge on any atom is -0.493 e. The van der Waals surface area contributed by atoms with Crippen LogP contribution >= 0.6 is 0 Å². The number of nitrogens with one attached hydrogen (secondary N) is 1. The molecule has 2 heterocycles. The monoisotopic (exact) mass is 485 g/mol. The Morgan fingerprint density at radius 1 is 1.06 bits per heavy atom. The summed E-state index contributed by atoms with van der Waals surface area (Å²) in [5, 5.41) is 7.05. The van der Waals surface area contributed by atoms with Gasteiger partial charge in [-0.1, -0.05) is 12.1 Å². The molecule has 0 spiro atoms. The minimum atomic E-state index is -3.69. The number of nitrogens with zero attached hydrogens (tertiary/aromatic N) is 4. The van der Waals surface area contributed by atoms with Crippen LogP contribution in [0.3, 0.4) is 0 Å². The molecule has 1 N–H and O–H groups in total. The average molecular weight is 486 g/mol. The summed E-state index contributed by atoms with van der Waals surface area (Å²) in [7, 11) is -0.734. The number of methoxy groups -OCH3 is 2. The lowest BCUT2D eigenvalue weighted by molar-refractivity contribution is -0.126. The Balaban J connectivity index is 1.31. The van der Waals surface area contributed by atoms with Gasteiger partial charge in [0.05, 0.1) is 24.8 Å². The van der Waals surface area contributed by atoms with Crippen molar-refractivity contribution in [1.29, 1.82) is 0 Å². The summed E-state index contributed by atoms with van der Waals surface area (Å²) in [6.45, 7) is 0.962. The number of rotatable bonds is 8. The van der Waals surface area contributed by atoms with Gasteiger partial charge >= 0.3 is 0 Å². The van der Waals surface area contributed by atoms with Crippen LogP contribution < -0.4 is 14.8 Å². The standard InChI is InChI=1S/C23H27N5O5S/c1-32-21-8-7-20(13-22(21)33-2)34(30,31)27-11-9-18(10-12-27)23(29)25-14-17-3-5-19(6-4-17)28-16-24-15-26-28/h3-8,13,15-16,18H,9-12,14H2,1-2H3,(H,25,29). The van der Waals surface area contributed by atoms with Gasteiger partial charge in [-0.25, -0.2) is 18.1 Å². The molecule has 1 saturated heterocycles. The van der Waals surface area contributed by atoms with Gasteiger partial charge in [-0.05, 0) is 42.7 Å². The van der Waals surface area contributed by atoms with Crippen molar-refractivity contribution in [3.8, 4) is 17.2 Å². The van der Waals surface area contributed by atoms with E-state index in [1.807, 2.05) is 24.3 Å². The van der Waals surface area contributed by atoms with Gasteiger partial charge in [0.15, 0.2) is 11.5 Å². The van der Waals surface area contributed by atoms with Crippen molar-refractivity contribution in [3.05, 3.63) is 60.7 Å². The fourth-order valence-corrected chi connectivity index (χ4v) is 5.41. The van der Waals surface area contributed by atoms with Gasteiger partial charge in [-0.2, -0.15) is 9.40 Å². The van der Waals surface area contributed by atoms with Crippen LogP contribution in [0.15, 0.2) is 60.0 Å². The second-order valence-corrected chi connectivity index (χ2v) is 9.86. The molecule has 1 aromatic heterocycles. The number of benzene rings is 2. The van der Waals surface area contributed by atoms with Gasteiger partial charge in [-0.15, -0.1) is 0 Å². The molecule has 4 rings (SSSR count). The first kappa shape index (κ1) is 23.7. The van der Waals surface area contributed by atoms with Gasteiger partial charge in [-0.3, -0.25) is 4.79 Å². The highest BCUT2D eigenvalue weighted by Crippen LogP contribution is 2.32. The van der Waals surface area contributed by atoms with Crippen LogP contribution in [0.25, 0.3) is 5.69 Å². The molecule has 34 heavy (non-hydrogen) atoms. The van der Waals surface area contributed by atoms with Crippen LogP contribution in [0.4, 0.5) is 0 Å². The molecule has 0 atom stereocenters. The maximum Gasteiger partial charge on any atom is 0.243 e. The van der Waals surface area contributed by atoms with Gasteiger partial charge in [0.1, 0.15) is 12.7 Å². The van der Waals surface area contributed by atoms with Gasteiger partial charge in [0.25, 0.3) is 0 Å². The highest BCUT2D eigenvalue weighted by atomic mass is 32.2. The van der Waals surface area contributed by atoms with Gasteiger partial charge < -0.3 is 14.8 Å². The number of hydrogen-bond donors (Lipinski definition) is 1. The Morgan fingerprint density at radius 3 is 2.38 bits per heavy atom. The third-order valence-corrected chi connectivity index (χ3v) is 7.80. The molecular weight excluding hydrogens is 458 g/mol. The lowest BCUT2D eigenvalue weighted by Gasteiger charge is -2.30. The number of carbonyl (C=O) groups excluding carboxylic acids is 1. The Bertz CT molecular complexity index is 1220. The van der Waals surface area contributed by atoms with E-state index < -0.39 is 10.0 Å². The number of amides is 1. The summed E-state index contributed by atoms with van der Waals surface area (Å²) < 4.78 is 39.6. The number of sulfonamides is 1. The lowest BCUT2D eigenvalue weighted by Crippen LogP contribution is -2.42. The Hall–Kier alpha value is -3.44. The molecule has 0 unspecified atom stereocenters. The minimum absolute atomic E-state index is 0.0662. The Morgan fingerprint density at radius 2 is 1.76 bits per heavy atom. The summed E-state index contributed by atoms with van der Waals surface area (Å²) in [5.74, 6) is 0.520. The Labute approximate surface area is 198 Å². The molecule has 1 amide bonds. The van der Waals surface area contributed by atoms with Crippen molar-refractivity contribution in [1.82, 2.24) is 24.4 Å². The molecular formula is C23H27N5O5S. The second-order valence-electron chi connectivity index (χ2n) is 7.92. The molecule has 2 aromatic carbocycles. The molecule has 3 aromatic rings. The van der Waals surface area contributed by atoms with E-state index in [0.717, 1.165) is 11.3 Å². The summed E-state index contributed by atoms with van der Waals surface area (Å²) >= 11 is 0. The summed E-state index contributed by atoms with van der Waals surface area (Å²) in [4.78, 5) is 16.7. The van der Waals surface area contributed by atoms with Crippen LogP contribution in [-0.2, 0) is 21.4 Å². The molecule has 1 aliphatic rings. The van der Waals surface area contributed by atoms with Crippen LogP contribution in [-0.4, -0.2) is 60.7 Å². The number of ether oxygens (including phenoxy) is 2. The van der Waals surface area contributed by atoms with Crippen molar-refractivity contribution in [2.24, 2.45) is 5.92 Å². The van der Waals surface area contributed by atoms with Crippen LogP contribution in [0, 0.1) is 5.92 Å². The normalized spacial score (nSPS) is 15.1. The lowest BCUT2D eigenvalue weighted by atomic mass is 9.97. The van der Waals surface area contributed by atoms with E-state index in [1.54, 1.807) is 17.1 Å². The SMILES string of the molecule is COc1ccc(S(=O)(=O)N2CCC(C(=O)NCc3ccc(-n4cncn4)cc3)CC2)cc1OC. The molecule has 1 aliphatic heterocycles. The zero-order valence-corrected chi connectivity index (χ0v) is 19.9. The zero-order valence-electron chi connectivity index (χ0n) is 19.0. The number of carbonyl (C=O) groups is 1. The van der Waals surface area contributed by atoms with E-state index in [2.05, 4.69) is 15.4 Å². The highest BCUT2D eigenvalue weighted by Gasteiger charge is 2.32. The quantitative estimate of drug-likeness (QED) is 0.519. The highest BCUT2D eigenvalue weighted by molar-refractivity contribution is 7.89. The first-order valence-corrected chi connectivity index (χ1v) is 12.3. The van der Waals surface area contributed by atoms with E-state index in [4.69, 9.17) is 9.47 Å². The van der Waals surface area contributed by atoms with E-state index in [9.17, 15) is 13.2 Å². The van der Waals surface area contributed by atoms with E-state index in [-0.39, 0.29) is 29.8 Å². The van der Waals surface area contributed by atoms with Crippen molar-refractivity contribution in [2.45, 2.75) is 24.3 Å². The molecule has 0 saturated carbocycles. The third-order valence-electron chi connectivity index (χ3n) is 5.90. The Kier molecular flexibility index (Phi) is 7.13. The molecule has 0 bridgehead atoms. The smallest absolute Gasteiger partial charge is 0.243 e.